The van der Waals surface area contributed by atoms with E-state index >= 15 is 0 Å². The van der Waals surface area contributed by atoms with Crippen LogP contribution in [0.2, 0.25) is 0 Å². The van der Waals surface area contributed by atoms with Gasteiger partial charge in [0.1, 0.15) is 0 Å². The van der Waals surface area contributed by atoms with Crippen molar-refractivity contribution in [1.29, 1.82) is 0 Å². The summed E-state index contributed by atoms with van der Waals surface area (Å²) in [7, 11) is 0. The van der Waals surface area contributed by atoms with Crippen molar-refractivity contribution in [3.8, 4) is 0 Å². The van der Waals surface area contributed by atoms with E-state index in [0.717, 1.165) is 12.0 Å². The number of allylic oxidation sites excluding steroid dienone is 3. The fourth-order valence-electron chi connectivity index (χ4n) is 1.22. The summed E-state index contributed by atoms with van der Waals surface area (Å²) in [5, 5.41) is 0. The van der Waals surface area contributed by atoms with E-state index in [1.54, 1.807) is 0 Å². The van der Waals surface area contributed by atoms with E-state index in [1.807, 2.05) is 19.1 Å². The molecule has 0 saturated heterocycles. The van der Waals surface area contributed by atoms with Crippen molar-refractivity contribution in [2.45, 2.75) is 20.3 Å². The first kappa shape index (κ1) is 9.04. The third-order valence-electron chi connectivity index (χ3n) is 1.82. The molecular formula is C10H14O2. The molecule has 0 heterocycles. The molecule has 0 amide bonds. The summed E-state index contributed by atoms with van der Waals surface area (Å²) in [6.07, 6.45) is 6.64. The van der Waals surface area contributed by atoms with E-state index in [1.165, 1.54) is 0 Å². The highest BCUT2D eigenvalue weighted by Crippen LogP contribution is 2.18. The summed E-state index contributed by atoms with van der Waals surface area (Å²) in [5.41, 5.74) is 0.784. The Bertz CT molecular complexity index is 226. The van der Waals surface area contributed by atoms with Gasteiger partial charge in [-0.15, -0.1) is 0 Å². The molecule has 0 aromatic carbocycles. The molecule has 0 aromatic rings. The molecule has 0 N–H and O–H groups in total. The van der Waals surface area contributed by atoms with Crippen molar-refractivity contribution in [1.82, 2.24) is 0 Å². The molecule has 66 valence electrons. The number of carbonyl (C=O) groups excluding carboxylic acids is 1. The minimum Gasteiger partial charge on any atom is -0.463 e. The maximum atomic E-state index is 11.2. The normalized spacial score (nSPS) is 21.8. The fourth-order valence-corrected chi connectivity index (χ4v) is 1.22. The van der Waals surface area contributed by atoms with Gasteiger partial charge in [0.2, 0.25) is 0 Å². The first-order valence-electron chi connectivity index (χ1n) is 4.28. The van der Waals surface area contributed by atoms with E-state index in [2.05, 4.69) is 13.0 Å². The van der Waals surface area contributed by atoms with Gasteiger partial charge in [0.05, 0.1) is 6.61 Å². The predicted octanol–water partition coefficient (Wildman–Crippen LogP) is 2.07. The maximum absolute atomic E-state index is 11.2. The number of hydrogen-bond acceptors (Lipinski definition) is 2. The van der Waals surface area contributed by atoms with Crippen LogP contribution in [0, 0.1) is 5.92 Å². The molecule has 12 heavy (non-hydrogen) atoms. The van der Waals surface area contributed by atoms with Gasteiger partial charge in [-0.25, -0.2) is 4.79 Å². The van der Waals surface area contributed by atoms with E-state index in [4.69, 9.17) is 4.74 Å². The summed E-state index contributed by atoms with van der Waals surface area (Å²) in [6.45, 7) is 4.36. The zero-order chi connectivity index (χ0) is 8.97. The second-order valence-electron chi connectivity index (χ2n) is 2.98. The highest BCUT2D eigenvalue weighted by molar-refractivity contribution is 5.89. The predicted molar refractivity (Wildman–Crippen MR) is 47.6 cm³/mol. The molecule has 1 aliphatic rings. The van der Waals surface area contributed by atoms with E-state index in [0.29, 0.717) is 12.5 Å². The van der Waals surface area contributed by atoms with E-state index < -0.39 is 0 Å². The quantitative estimate of drug-likeness (QED) is 0.587. The van der Waals surface area contributed by atoms with Crippen molar-refractivity contribution in [2.24, 2.45) is 5.92 Å². The molecule has 1 rings (SSSR count). The smallest absolute Gasteiger partial charge is 0.334 e. The first-order valence-corrected chi connectivity index (χ1v) is 4.28. The van der Waals surface area contributed by atoms with E-state index in [9.17, 15) is 4.79 Å². The number of hydrogen-bond donors (Lipinski definition) is 0. The highest BCUT2D eigenvalue weighted by atomic mass is 16.5. The lowest BCUT2D eigenvalue weighted by molar-refractivity contribution is -0.138. The lowest BCUT2D eigenvalue weighted by Gasteiger charge is -2.12. The van der Waals surface area contributed by atoms with Crippen LogP contribution in [0.3, 0.4) is 0 Å². The average molecular weight is 166 g/mol. The molecule has 2 heteroatoms. The van der Waals surface area contributed by atoms with Crippen molar-refractivity contribution in [3.05, 3.63) is 23.8 Å². The lowest BCUT2D eigenvalue weighted by Crippen LogP contribution is -2.11. The number of carbonyl (C=O) groups is 1. The molecular weight excluding hydrogens is 152 g/mol. The molecule has 0 fully saturated rings. The Labute approximate surface area is 72.9 Å². The summed E-state index contributed by atoms with van der Waals surface area (Å²) in [6, 6.07) is 0. The number of rotatable bonds is 2. The largest absolute Gasteiger partial charge is 0.463 e. The van der Waals surface area contributed by atoms with Gasteiger partial charge in [-0.3, -0.25) is 0 Å². The Morgan fingerprint density at radius 3 is 3.08 bits per heavy atom. The standard InChI is InChI=1S/C10H14O2/c1-3-12-10(11)9-6-4-5-8(2)7-9/h4-6,8H,3,7H2,1-2H3/t8-/m1/s1. The zero-order valence-electron chi connectivity index (χ0n) is 7.54. The Hall–Kier alpha value is -1.05. The lowest BCUT2D eigenvalue weighted by atomic mass is 9.96. The van der Waals surface area contributed by atoms with Gasteiger partial charge in [-0.2, -0.15) is 0 Å². The van der Waals surface area contributed by atoms with Crippen LogP contribution >= 0.6 is 0 Å². The summed E-state index contributed by atoms with van der Waals surface area (Å²) < 4.78 is 4.89. The zero-order valence-corrected chi connectivity index (χ0v) is 7.54. The van der Waals surface area contributed by atoms with Gasteiger partial charge in [0, 0.05) is 5.57 Å². The van der Waals surface area contributed by atoms with E-state index in [-0.39, 0.29) is 5.97 Å². The molecule has 0 bridgehead atoms. The second kappa shape index (κ2) is 4.10. The van der Waals surface area contributed by atoms with Gasteiger partial charge >= 0.3 is 5.97 Å². The van der Waals surface area contributed by atoms with Gasteiger partial charge in [-0.05, 0) is 19.3 Å². The third kappa shape index (κ3) is 2.22. The minimum absolute atomic E-state index is 0.172. The van der Waals surface area contributed by atoms with Crippen molar-refractivity contribution in [2.75, 3.05) is 6.61 Å². The first-order chi connectivity index (χ1) is 5.74. The van der Waals surface area contributed by atoms with Crippen LogP contribution in [-0.4, -0.2) is 12.6 Å². The van der Waals surface area contributed by atoms with Gasteiger partial charge in [0.15, 0.2) is 0 Å². The summed E-state index contributed by atoms with van der Waals surface area (Å²) >= 11 is 0. The molecule has 1 atom stereocenters. The molecule has 0 saturated carbocycles. The maximum Gasteiger partial charge on any atom is 0.334 e. The molecule has 0 aromatic heterocycles. The molecule has 2 nitrogen and oxygen atoms in total. The Morgan fingerprint density at radius 2 is 2.50 bits per heavy atom. The third-order valence-corrected chi connectivity index (χ3v) is 1.82. The molecule has 1 aliphatic carbocycles. The Morgan fingerprint density at radius 1 is 1.75 bits per heavy atom. The highest BCUT2D eigenvalue weighted by Gasteiger charge is 2.14. The summed E-state index contributed by atoms with van der Waals surface area (Å²) in [4.78, 5) is 11.2. The monoisotopic (exact) mass is 166 g/mol. The Kier molecular flexibility index (Phi) is 3.09. The van der Waals surface area contributed by atoms with Crippen LogP contribution < -0.4 is 0 Å². The topological polar surface area (TPSA) is 26.3 Å². The van der Waals surface area contributed by atoms with Crippen LogP contribution in [0.15, 0.2) is 23.8 Å². The van der Waals surface area contributed by atoms with Crippen LogP contribution in [-0.2, 0) is 9.53 Å². The van der Waals surface area contributed by atoms with Crippen LogP contribution in [0.1, 0.15) is 20.3 Å². The number of esters is 1. The van der Waals surface area contributed by atoms with Gasteiger partial charge in [0.25, 0.3) is 0 Å². The SMILES string of the molecule is CCOC(=O)C1=CC=C[C@@H](C)C1. The van der Waals surface area contributed by atoms with Crippen LogP contribution in [0.4, 0.5) is 0 Å². The van der Waals surface area contributed by atoms with Crippen molar-refractivity contribution in [3.63, 3.8) is 0 Å². The molecule has 0 radical (unpaired) electrons. The second-order valence-corrected chi connectivity index (χ2v) is 2.98. The molecule has 0 spiro atoms. The van der Waals surface area contributed by atoms with Crippen LogP contribution in [0.5, 0.6) is 0 Å². The fraction of sp³-hybridized carbons (Fsp3) is 0.500. The number of ether oxygens (including phenoxy) is 1. The Balaban J connectivity index is 2.57. The molecule has 0 aliphatic heterocycles. The van der Waals surface area contributed by atoms with Crippen molar-refractivity contribution >= 4 is 5.97 Å². The average Bonchev–Trinajstić information content (AvgIpc) is 2.05. The van der Waals surface area contributed by atoms with Crippen LogP contribution in [0.25, 0.3) is 0 Å². The molecule has 0 unspecified atom stereocenters. The minimum atomic E-state index is -0.172. The van der Waals surface area contributed by atoms with Crippen molar-refractivity contribution < 1.29 is 9.53 Å². The van der Waals surface area contributed by atoms with Gasteiger partial charge < -0.3 is 4.74 Å². The summed E-state index contributed by atoms with van der Waals surface area (Å²) in [5.74, 6) is 0.281. The van der Waals surface area contributed by atoms with Gasteiger partial charge in [-0.1, -0.05) is 25.2 Å².